The van der Waals surface area contributed by atoms with Gasteiger partial charge in [0.15, 0.2) is 0 Å². The number of alkyl halides is 4. The van der Waals surface area contributed by atoms with Gasteiger partial charge in [0.25, 0.3) is 0 Å². The summed E-state index contributed by atoms with van der Waals surface area (Å²) >= 11 is 0. The van der Waals surface area contributed by atoms with Crippen molar-refractivity contribution in [2.24, 2.45) is 11.8 Å². The van der Waals surface area contributed by atoms with Crippen LogP contribution in [0.4, 0.5) is 17.6 Å². The molecule has 0 aromatic carbocycles. The first-order chi connectivity index (χ1) is 14.7. The van der Waals surface area contributed by atoms with E-state index in [0.717, 1.165) is 19.3 Å². The third-order valence-electron chi connectivity index (χ3n) is 7.87. The number of nitrogens with one attached hydrogen (secondary N) is 3. The minimum atomic E-state index is -4.23. The second-order valence-corrected chi connectivity index (χ2v) is 9.82. The maximum atomic E-state index is 13.6. The van der Waals surface area contributed by atoms with Crippen LogP contribution in [0.1, 0.15) is 38.5 Å². The van der Waals surface area contributed by atoms with Crippen LogP contribution >= 0.6 is 0 Å². The number of hydrazine groups is 1. The van der Waals surface area contributed by atoms with E-state index in [0.29, 0.717) is 36.4 Å². The second kappa shape index (κ2) is 7.55. The highest BCUT2D eigenvalue weighted by molar-refractivity contribution is 5.84. The van der Waals surface area contributed by atoms with Crippen LogP contribution in [0.5, 0.6) is 0 Å². The van der Waals surface area contributed by atoms with Gasteiger partial charge >= 0.3 is 11.8 Å². The van der Waals surface area contributed by atoms with Crippen molar-refractivity contribution < 1.29 is 27.2 Å². The third kappa shape index (κ3) is 3.62. The number of hydrogen-bond donors (Lipinski definition) is 3. The zero-order chi connectivity index (χ0) is 22.0. The molecule has 1 saturated carbocycles. The number of carbonyl (C=O) groups excluding carboxylic acids is 2. The Bertz CT molecular complexity index is 723. The van der Waals surface area contributed by atoms with Crippen molar-refractivity contribution in [1.29, 1.82) is 0 Å². The fraction of sp³-hybridized carbons (Fsp3) is 0.900. The van der Waals surface area contributed by atoms with Crippen LogP contribution in [0.15, 0.2) is 0 Å². The summed E-state index contributed by atoms with van der Waals surface area (Å²) in [5.74, 6) is -9.03. The maximum Gasteiger partial charge on any atom is 0.329 e. The first-order valence-corrected chi connectivity index (χ1v) is 11.3. The topological polar surface area (TPSA) is 76.7 Å². The van der Waals surface area contributed by atoms with E-state index in [9.17, 15) is 27.2 Å². The van der Waals surface area contributed by atoms with E-state index in [-0.39, 0.29) is 23.9 Å². The summed E-state index contributed by atoms with van der Waals surface area (Å²) in [5, 5.41) is 3.48. The van der Waals surface area contributed by atoms with E-state index in [1.807, 2.05) is 0 Å². The van der Waals surface area contributed by atoms with Crippen LogP contribution < -0.4 is 16.2 Å². The van der Waals surface area contributed by atoms with Crippen molar-refractivity contribution in [3.63, 3.8) is 0 Å². The molecule has 31 heavy (non-hydrogen) atoms. The number of hydrogen-bond acceptors (Lipinski definition) is 5. The lowest BCUT2D eigenvalue weighted by Crippen LogP contribution is -2.55. The summed E-state index contributed by atoms with van der Waals surface area (Å²) in [4.78, 5) is 28.3. The van der Waals surface area contributed by atoms with Gasteiger partial charge in [-0.2, -0.15) is 17.6 Å². The molecule has 0 aromatic heterocycles. The molecule has 5 fully saturated rings. The number of fused-ring (bicyclic) bond motifs is 2. The average Bonchev–Trinajstić information content (AvgIpc) is 3.40. The Morgan fingerprint density at radius 1 is 0.839 bits per heavy atom. The number of halogens is 4. The van der Waals surface area contributed by atoms with Gasteiger partial charge in [-0.1, -0.05) is 12.8 Å². The van der Waals surface area contributed by atoms with Crippen LogP contribution in [0, 0.1) is 11.8 Å². The Balaban J connectivity index is 1.24. The smallest absolute Gasteiger partial charge is 0.329 e. The lowest BCUT2D eigenvalue weighted by molar-refractivity contribution is -0.172. The van der Waals surface area contributed by atoms with Gasteiger partial charge in [0, 0.05) is 31.1 Å². The van der Waals surface area contributed by atoms with Crippen molar-refractivity contribution in [2.75, 3.05) is 26.2 Å². The molecule has 2 amide bonds. The zero-order valence-corrected chi connectivity index (χ0v) is 17.3. The standard InChI is InChI=1S/C20H29F4N5O2/c21-19(22)9-29(10-20(19,23)24)18(31)16-12-8-28(6-5-14(12)26-27-16)17(30)15-7-11-3-1-2-4-13(11)25-15/h11-16,25-27H,1-10H2. The molecule has 1 aliphatic carbocycles. The average molecular weight is 447 g/mol. The van der Waals surface area contributed by atoms with Gasteiger partial charge in [0.2, 0.25) is 11.8 Å². The van der Waals surface area contributed by atoms with Crippen molar-refractivity contribution in [2.45, 2.75) is 74.5 Å². The zero-order valence-electron chi connectivity index (χ0n) is 17.3. The van der Waals surface area contributed by atoms with Gasteiger partial charge in [-0.3, -0.25) is 15.0 Å². The minimum absolute atomic E-state index is 0.0187. The quantitative estimate of drug-likeness (QED) is 0.544. The Kier molecular flexibility index (Phi) is 5.21. The molecule has 7 nitrogen and oxygen atoms in total. The monoisotopic (exact) mass is 447 g/mol. The number of carbonyl (C=O) groups is 2. The Hall–Kier alpha value is -1.46. The first-order valence-electron chi connectivity index (χ1n) is 11.3. The fourth-order valence-corrected chi connectivity index (χ4v) is 6.10. The number of amides is 2. The Morgan fingerprint density at radius 2 is 1.55 bits per heavy atom. The molecule has 0 radical (unpaired) electrons. The highest BCUT2D eigenvalue weighted by Crippen LogP contribution is 2.42. The molecule has 0 aromatic rings. The predicted octanol–water partition coefficient (Wildman–Crippen LogP) is 0.713. The molecule has 174 valence electrons. The van der Waals surface area contributed by atoms with Gasteiger partial charge in [0.05, 0.1) is 19.1 Å². The van der Waals surface area contributed by atoms with Crippen LogP contribution in [-0.4, -0.2) is 83.8 Å². The van der Waals surface area contributed by atoms with E-state index < -0.39 is 36.9 Å². The number of rotatable bonds is 2. The van der Waals surface area contributed by atoms with Gasteiger partial charge < -0.3 is 15.1 Å². The predicted molar refractivity (Wildman–Crippen MR) is 102 cm³/mol. The summed E-state index contributed by atoms with van der Waals surface area (Å²) in [6, 6.07) is -0.856. The third-order valence-corrected chi connectivity index (χ3v) is 7.87. The van der Waals surface area contributed by atoms with Crippen LogP contribution in [0.25, 0.3) is 0 Å². The van der Waals surface area contributed by atoms with Crippen molar-refractivity contribution in [3.05, 3.63) is 0 Å². The molecule has 4 saturated heterocycles. The van der Waals surface area contributed by atoms with Gasteiger partial charge in [-0.05, 0) is 31.6 Å². The second-order valence-electron chi connectivity index (χ2n) is 9.82. The molecule has 0 bridgehead atoms. The highest BCUT2D eigenvalue weighted by atomic mass is 19.3. The summed E-state index contributed by atoms with van der Waals surface area (Å²) in [5.41, 5.74) is 5.81. The van der Waals surface area contributed by atoms with Gasteiger partial charge in [-0.15, -0.1) is 0 Å². The van der Waals surface area contributed by atoms with E-state index >= 15 is 0 Å². The number of piperidine rings is 1. The van der Waals surface area contributed by atoms with Gasteiger partial charge in [0.1, 0.15) is 6.04 Å². The molecular weight excluding hydrogens is 418 g/mol. The fourth-order valence-electron chi connectivity index (χ4n) is 6.10. The lowest BCUT2D eigenvalue weighted by Gasteiger charge is -2.37. The maximum absolute atomic E-state index is 13.6. The van der Waals surface area contributed by atoms with Crippen molar-refractivity contribution >= 4 is 11.8 Å². The molecule has 6 unspecified atom stereocenters. The summed E-state index contributed by atoms with van der Waals surface area (Å²) in [6.07, 6.45) is 6.05. The summed E-state index contributed by atoms with van der Waals surface area (Å²) in [7, 11) is 0. The summed E-state index contributed by atoms with van der Waals surface area (Å²) < 4.78 is 54.3. The van der Waals surface area contributed by atoms with Crippen LogP contribution in [0.2, 0.25) is 0 Å². The molecule has 4 heterocycles. The van der Waals surface area contributed by atoms with E-state index in [4.69, 9.17) is 0 Å². The SMILES string of the molecule is O=C(C1CC2CCCCC2N1)N1CCC2NNC(C(=O)N3CC(F)(F)C(F)(F)C3)C2C1. The van der Waals surface area contributed by atoms with Crippen molar-refractivity contribution in [3.8, 4) is 0 Å². The molecule has 3 N–H and O–H groups in total. The number of nitrogens with zero attached hydrogens (tertiary/aromatic N) is 2. The molecule has 5 aliphatic rings. The van der Waals surface area contributed by atoms with Crippen molar-refractivity contribution in [1.82, 2.24) is 26.0 Å². The van der Waals surface area contributed by atoms with E-state index in [2.05, 4.69) is 16.2 Å². The molecule has 4 aliphatic heterocycles. The van der Waals surface area contributed by atoms with E-state index in [1.54, 1.807) is 4.90 Å². The Morgan fingerprint density at radius 3 is 2.26 bits per heavy atom. The summed E-state index contributed by atoms with van der Waals surface area (Å²) in [6.45, 7) is -1.73. The Labute approximate surface area is 178 Å². The molecular formula is C20H29F4N5O2. The van der Waals surface area contributed by atoms with Crippen LogP contribution in [-0.2, 0) is 9.59 Å². The number of likely N-dealkylation sites (tertiary alicyclic amines) is 2. The molecule has 11 heteroatoms. The highest BCUT2D eigenvalue weighted by Gasteiger charge is 2.64. The largest absolute Gasteiger partial charge is 0.341 e. The molecule has 6 atom stereocenters. The van der Waals surface area contributed by atoms with Crippen LogP contribution in [0.3, 0.4) is 0 Å². The molecule has 5 rings (SSSR count). The molecule has 0 spiro atoms. The first kappa shape index (κ1) is 21.4. The minimum Gasteiger partial charge on any atom is -0.341 e. The lowest BCUT2D eigenvalue weighted by atomic mass is 9.84. The van der Waals surface area contributed by atoms with E-state index in [1.165, 1.54) is 12.8 Å². The van der Waals surface area contributed by atoms with Gasteiger partial charge in [-0.25, -0.2) is 5.43 Å². The normalized spacial score (nSPS) is 41.2.